The average Bonchev–Trinajstić information content (AvgIpc) is 2.67. The number of phosphoric ester groups is 1. The van der Waals surface area contributed by atoms with Crippen LogP contribution in [0.2, 0.25) is 0 Å². The standard InChI is InChI=1S/C17H21N4O9P.Na/c1-7-3-9-10(4-8(7)2)21(15-13(18-9)16(25)20-17(26)19-15)5-11(22)14(24)12(23)6-30-31(27,28)29;/h3-4,11-12,14,22-24H,5-6H2,1-2H3,(H,20,25,26)(H2,27,28,29);/q;+1/p-1/t11-,12+,14-;/m1./s1. The number of benzene rings is 1. The second-order valence-corrected chi connectivity index (χ2v) is 8.28. The van der Waals surface area contributed by atoms with Gasteiger partial charge in [0.2, 0.25) is 0 Å². The summed E-state index contributed by atoms with van der Waals surface area (Å²) in [6.07, 6.45) is -5.49. The number of aromatic nitrogens is 4. The molecular weight excluding hydrogens is 458 g/mol. The van der Waals surface area contributed by atoms with Gasteiger partial charge in [0.05, 0.1) is 24.2 Å². The van der Waals surface area contributed by atoms with Crippen LogP contribution in [-0.4, -0.2) is 64.7 Å². The first-order valence-electron chi connectivity index (χ1n) is 9.01. The van der Waals surface area contributed by atoms with Gasteiger partial charge in [0, 0.05) is 0 Å². The fourth-order valence-electron chi connectivity index (χ4n) is 3.06. The second kappa shape index (κ2) is 10.2. The van der Waals surface area contributed by atoms with Crippen LogP contribution < -0.4 is 45.7 Å². The van der Waals surface area contributed by atoms with Crippen LogP contribution in [0.1, 0.15) is 11.1 Å². The third kappa shape index (κ3) is 5.88. The predicted molar refractivity (Wildman–Crippen MR) is 104 cm³/mol. The van der Waals surface area contributed by atoms with Crippen molar-refractivity contribution in [1.29, 1.82) is 0 Å². The van der Waals surface area contributed by atoms with E-state index >= 15 is 0 Å². The van der Waals surface area contributed by atoms with Crippen LogP contribution in [0, 0.1) is 13.8 Å². The summed E-state index contributed by atoms with van der Waals surface area (Å²) in [6.45, 7) is 2.20. The molecule has 4 atom stereocenters. The smallest absolute Gasteiger partial charge is 0.756 e. The number of aryl methyl sites for hydroxylation is 2. The number of hydrogen-bond donors (Lipinski definition) is 5. The quantitative estimate of drug-likeness (QED) is 0.123. The Morgan fingerprint density at radius 3 is 2.41 bits per heavy atom. The SMILES string of the molecule is Cc1cc2nc3c(=O)[nH]c(=O)nc-3n(C[C@@H](O)[C@@H](O)[C@@H](O)COP(=O)([O-])O)c2cc1C.[Na+]. The zero-order valence-corrected chi connectivity index (χ0v) is 20.3. The third-order valence-corrected chi connectivity index (χ3v) is 5.27. The van der Waals surface area contributed by atoms with Crippen molar-refractivity contribution < 1.29 is 63.8 Å². The Bertz CT molecular complexity index is 1260. The van der Waals surface area contributed by atoms with E-state index in [2.05, 4.69) is 14.5 Å². The number of H-pyrrole nitrogens is 1. The minimum atomic E-state index is -5.14. The Hall–Kier alpha value is -1.51. The summed E-state index contributed by atoms with van der Waals surface area (Å²) in [5.41, 5.74) is 0.565. The summed E-state index contributed by atoms with van der Waals surface area (Å²) in [6, 6.07) is 3.40. The normalized spacial score (nSPS) is 16.3. The molecule has 2 aliphatic rings. The molecule has 13 nitrogen and oxygen atoms in total. The molecular formula is C17H20N4NaO9P. The molecule has 1 aromatic carbocycles. The number of rotatable bonds is 7. The molecule has 0 saturated carbocycles. The molecule has 1 aromatic rings. The van der Waals surface area contributed by atoms with Crippen molar-refractivity contribution in [2.45, 2.75) is 38.7 Å². The maximum Gasteiger partial charge on any atom is 1.00 e. The summed E-state index contributed by atoms with van der Waals surface area (Å²) in [5, 5.41) is 30.5. The summed E-state index contributed by atoms with van der Waals surface area (Å²) < 4.78 is 16.0. The molecule has 0 aliphatic carbocycles. The second-order valence-electron chi connectivity index (χ2n) is 7.08. The maximum atomic E-state index is 12.2. The third-order valence-electron chi connectivity index (χ3n) is 4.79. The van der Waals surface area contributed by atoms with Crippen molar-refractivity contribution >= 4 is 18.9 Å². The van der Waals surface area contributed by atoms with Gasteiger partial charge in [-0.3, -0.25) is 14.3 Å². The van der Waals surface area contributed by atoms with Crippen molar-refractivity contribution in [3.63, 3.8) is 0 Å². The van der Waals surface area contributed by atoms with Gasteiger partial charge in [-0.15, -0.1) is 0 Å². The van der Waals surface area contributed by atoms with Crippen molar-refractivity contribution in [2.24, 2.45) is 0 Å². The number of nitrogens with one attached hydrogen (secondary N) is 1. The molecule has 1 unspecified atom stereocenters. The molecule has 0 saturated heterocycles. The van der Waals surface area contributed by atoms with Gasteiger partial charge in [0.1, 0.15) is 18.3 Å². The number of aromatic amines is 1. The fourth-order valence-corrected chi connectivity index (χ4v) is 3.40. The van der Waals surface area contributed by atoms with Gasteiger partial charge in [-0.1, -0.05) is 0 Å². The first-order chi connectivity index (χ1) is 14.4. The van der Waals surface area contributed by atoms with E-state index in [-0.39, 0.29) is 41.1 Å². The van der Waals surface area contributed by atoms with Gasteiger partial charge >= 0.3 is 35.2 Å². The van der Waals surface area contributed by atoms with E-state index in [4.69, 9.17) is 4.89 Å². The first kappa shape index (κ1) is 26.7. The van der Waals surface area contributed by atoms with E-state index in [1.807, 2.05) is 18.8 Å². The topological polar surface area (TPSA) is 211 Å². The molecule has 0 radical (unpaired) electrons. The van der Waals surface area contributed by atoms with Crippen LogP contribution in [0.5, 0.6) is 0 Å². The molecule has 0 bridgehead atoms. The van der Waals surface area contributed by atoms with Crippen molar-refractivity contribution in [3.05, 3.63) is 44.1 Å². The molecule has 32 heavy (non-hydrogen) atoms. The molecule has 5 N–H and O–H groups in total. The first-order valence-corrected chi connectivity index (χ1v) is 10.5. The van der Waals surface area contributed by atoms with Crippen LogP contribution in [0.25, 0.3) is 22.6 Å². The van der Waals surface area contributed by atoms with E-state index in [0.29, 0.717) is 11.0 Å². The monoisotopic (exact) mass is 478 g/mol. The number of aliphatic hydroxyl groups excluding tert-OH is 3. The number of phosphoric acid groups is 1. The van der Waals surface area contributed by atoms with Gasteiger partial charge in [-0.25, -0.2) is 9.78 Å². The van der Waals surface area contributed by atoms with Crippen LogP contribution >= 0.6 is 7.82 Å². The summed E-state index contributed by atoms with van der Waals surface area (Å²) in [4.78, 5) is 53.3. The van der Waals surface area contributed by atoms with Crippen LogP contribution in [0.4, 0.5) is 0 Å². The molecule has 0 fully saturated rings. The Morgan fingerprint density at radius 1 is 1.16 bits per heavy atom. The molecule has 0 amide bonds. The van der Waals surface area contributed by atoms with Crippen LogP contribution in [-0.2, 0) is 15.6 Å². The number of nitrogens with zero attached hydrogens (tertiary/aromatic N) is 3. The van der Waals surface area contributed by atoms with E-state index in [0.717, 1.165) is 11.1 Å². The summed E-state index contributed by atoms with van der Waals surface area (Å²) >= 11 is 0. The Kier molecular flexibility index (Phi) is 8.51. The van der Waals surface area contributed by atoms with E-state index < -0.39 is 50.5 Å². The van der Waals surface area contributed by atoms with Gasteiger partial charge in [-0.2, -0.15) is 4.98 Å². The minimum absolute atomic E-state index is 0. The molecule has 0 aromatic heterocycles. The van der Waals surface area contributed by atoms with Crippen molar-refractivity contribution in [3.8, 4) is 11.5 Å². The number of aliphatic hydroxyl groups is 3. The Balaban J connectivity index is 0.00000363. The molecule has 0 spiro atoms. The van der Waals surface area contributed by atoms with Gasteiger partial charge in [-0.05, 0) is 37.1 Å². The summed E-state index contributed by atoms with van der Waals surface area (Å²) in [7, 11) is -5.14. The Morgan fingerprint density at radius 2 is 1.78 bits per heavy atom. The number of hydrogen-bond acceptors (Lipinski definition) is 10. The van der Waals surface area contributed by atoms with Gasteiger partial charge in [0.25, 0.3) is 13.4 Å². The van der Waals surface area contributed by atoms with Crippen molar-refractivity contribution in [1.82, 2.24) is 19.5 Å². The maximum absolute atomic E-state index is 12.2. The molecule has 15 heteroatoms. The van der Waals surface area contributed by atoms with Gasteiger partial charge in [0.15, 0.2) is 11.5 Å². The van der Waals surface area contributed by atoms with Crippen molar-refractivity contribution in [2.75, 3.05) is 6.61 Å². The Labute approximate surface area is 202 Å². The van der Waals surface area contributed by atoms with E-state index in [1.165, 1.54) is 4.57 Å². The molecule has 2 heterocycles. The minimum Gasteiger partial charge on any atom is -0.756 e. The van der Waals surface area contributed by atoms with Crippen LogP contribution in [0.3, 0.4) is 0 Å². The zero-order chi connectivity index (χ0) is 23.1. The molecule has 168 valence electrons. The fraction of sp³-hybridized carbons (Fsp3) is 0.412. The largest absolute Gasteiger partial charge is 1.00 e. The van der Waals surface area contributed by atoms with Gasteiger partial charge < -0.3 is 34.2 Å². The number of fused-ring (bicyclic) bond motifs is 2. The average molecular weight is 478 g/mol. The summed E-state index contributed by atoms with van der Waals surface area (Å²) in [5.74, 6) is -0.152. The van der Waals surface area contributed by atoms with Crippen LogP contribution in [0.15, 0.2) is 21.7 Å². The molecule has 3 rings (SSSR count). The zero-order valence-electron chi connectivity index (χ0n) is 17.4. The van der Waals surface area contributed by atoms with E-state index in [1.54, 1.807) is 12.1 Å². The predicted octanol–water partition coefficient (Wildman–Crippen LogP) is -5.23. The van der Waals surface area contributed by atoms with E-state index in [9.17, 15) is 34.4 Å². The molecule has 2 aliphatic heterocycles.